The lowest BCUT2D eigenvalue weighted by molar-refractivity contribution is -0.150. The molecule has 2 aromatic carbocycles. The van der Waals surface area contributed by atoms with E-state index in [1.807, 2.05) is 6.92 Å². The van der Waals surface area contributed by atoms with Crippen LogP contribution in [0.5, 0.6) is 5.75 Å². The number of carbonyl (C=O) groups excluding carboxylic acids is 1. The summed E-state index contributed by atoms with van der Waals surface area (Å²) in [5.74, 6) is -0.129. The summed E-state index contributed by atoms with van der Waals surface area (Å²) >= 11 is 5.92. The van der Waals surface area contributed by atoms with Gasteiger partial charge in [0, 0.05) is 5.02 Å². The molecule has 25 heavy (non-hydrogen) atoms. The molecule has 0 aliphatic rings. The minimum absolute atomic E-state index is 0.295. The third-order valence-electron chi connectivity index (χ3n) is 3.46. The van der Waals surface area contributed by atoms with Crippen LogP contribution in [0.4, 0.5) is 0 Å². The van der Waals surface area contributed by atoms with Crippen molar-refractivity contribution in [1.82, 2.24) is 15.0 Å². The highest BCUT2D eigenvalue weighted by Crippen LogP contribution is 2.20. The maximum atomic E-state index is 12.2. The number of benzene rings is 2. The molecule has 0 aliphatic carbocycles. The Morgan fingerprint density at radius 1 is 1.24 bits per heavy atom. The van der Waals surface area contributed by atoms with Gasteiger partial charge in [-0.3, -0.25) is 4.79 Å². The summed E-state index contributed by atoms with van der Waals surface area (Å²) in [6.07, 6.45) is 0. The Labute approximate surface area is 147 Å². The predicted molar refractivity (Wildman–Crippen MR) is 91.6 cm³/mol. The number of halogens is 1. The Bertz CT molecular complexity index is 987. The van der Waals surface area contributed by atoms with E-state index in [1.165, 1.54) is 0 Å². The normalized spacial score (nSPS) is 10.6. The molecular weight excluding hydrogens is 346 g/mol. The molecular formula is C17H14ClN3O4. The van der Waals surface area contributed by atoms with Crippen LogP contribution in [0.15, 0.2) is 47.3 Å². The van der Waals surface area contributed by atoms with E-state index in [-0.39, 0.29) is 18.9 Å². The van der Waals surface area contributed by atoms with Gasteiger partial charge >= 0.3 is 5.97 Å². The van der Waals surface area contributed by atoms with Crippen molar-refractivity contribution in [3.8, 4) is 5.75 Å². The second-order valence-electron chi connectivity index (χ2n) is 5.26. The molecule has 3 aromatic rings. The van der Waals surface area contributed by atoms with E-state index in [9.17, 15) is 9.59 Å². The van der Waals surface area contributed by atoms with E-state index in [0.29, 0.717) is 21.7 Å². The quantitative estimate of drug-likeness (QED) is 0.650. The number of hydrogen-bond acceptors (Lipinski definition) is 6. The average Bonchev–Trinajstić information content (AvgIpc) is 2.62. The van der Waals surface area contributed by atoms with Gasteiger partial charge in [-0.1, -0.05) is 28.9 Å². The number of nitrogens with zero attached hydrogens (tertiary/aromatic N) is 3. The van der Waals surface area contributed by atoms with Crippen molar-refractivity contribution < 1.29 is 14.3 Å². The minimum atomic E-state index is -0.630. The summed E-state index contributed by atoms with van der Waals surface area (Å²) in [6, 6.07) is 11.9. The van der Waals surface area contributed by atoms with Crippen LogP contribution in [0.2, 0.25) is 5.02 Å². The molecule has 0 bridgehead atoms. The number of ether oxygens (including phenoxy) is 2. The zero-order valence-corrected chi connectivity index (χ0v) is 14.1. The van der Waals surface area contributed by atoms with Crippen LogP contribution in [-0.2, 0) is 16.3 Å². The zero-order valence-electron chi connectivity index (χ0n) is 13.3. The molecule has 0 amide bonds. The summed E-state index contributed by atoms with van der Waals surface area (Å²) in [5, 5.41) is 8.67. The number of hydrogen-bond donors (Lipinski definition) is 0. The molecule has 0 atom stereocenters. The number of fused-ring (bicyclic) bond motifs is 1. The molecule has 0 fully saturated rings. The molecule has 0 saturated heterocycles. The van der Waals surface area contributed by atoms with Crippen molar-refractivity contribution in [2.45, 2.75) is 13.7 Å². The number of aromatic nitrogens is 3. The maximum absolute atomic E-state index is 12.2. The summed E-state index contributed by atoms with van der Waals surface area (Å²) in [7, 11) is 0. The first-order chi connectivity index (χ1) is 12.0. The molecule has 3 rings (SSSR count). The van der Waals surface area contributed by atoms with Gasteiger partial charge in [-0.15, -0.1) is 5.10 Å². The molecule has 0 radical (unpaired) electrons. The number of rotatable bonds is 5. The molecule has 0 unspecified atom stereocenters. The van der Waals surface area contributed by atoms with Crippen molar-refractivity contribution in [1.29, 1.82) is 0 Å². The molecule has 0 saturated carbocycles. The first-order valence-electron chi connectivity index (χ1n) is 7.42. The third-order valence-corrected chi connectivity index (χ3v) is 3.89. The molecule has 1 aromatic heterocycles. The molecule has 8 heteroatoms. The van der Waals surface area contributed by atoms with Crippen LogP contribution in [-0.4, -0.2) is 27.6 Å². The van der Waals surface area contributed by atoms with Gasteiger partial charge in [0.25, 0.3) is 5.56 Å². The molecule has 7 nitrogen and oxygen atoms in total. The predicted octanol–water partition coefficient (Wildman–Crippen LogP) is 2.33. The van der Waals surface area contributed by atoms with Crippen LogP contribution in [0.1, 0.15) is 5.56 Å². The topological polar surface area (TPSA) is 83.3 Å². The van der Waals surface area contributed by atoms with Crippen LogP contribution in [0.25, 0.3) is 10.9 Å². The smallest absolute Gasteiger partial charge is 0.345 e. The highest BCUT2D eigenvalue weighted by molar-refractivity contribution is 6.31. The second kappa shape index (κ2) is 7.31. The number of carbonyl (C=O) groups is 1. The maximum Gasteiger partial charge on any atom is 0.345 e. The van der Waals surface area contributed by atoms with Crippen molar-refractivity contribution in [2.24, 2.45) is 0 Å². The van der Waals surface area contributed by atoms with Crippen molar-refractivity contribution in [3.63, 3.8) is 0 Å². The summed E-state index contributed by atoms with van der Waals surface area (Å²) in [6.45, 7) is 1.20. The monoisotopic (exact) mass is 359 g/mol. The first-order valence-corrected chi connectivity index (χ1v) is 7.79. The fourth-order valence-corrected chi connectivity index (χ4v) is 2.25. The summed E-state index contributed by atoms with van der Waals surface area (Å²) in [4.78, 5) is 24.0. The van der Waals surface area contributed by atoms with Crippen LogP contribution >= 0.6 is 11.6 Å². The Balaban J connectivity index is 1.60. The molecule has 0 aliphatic heterocycles. The Hall–Kier alpha value is -2.93. The van der Waals surface area contributed by atoms with E-state index in [1.54, 1.807) is 42.5 Å². The van der Waals surface area contributed by atoms with E-state index >= 15 is 0 Å². The molecule has 128 valence electrons. The van der Waals surface area contributed by atoms with Gasteiger partial charge in [-0.25, -0.2) is 4.79 Å². The van der Waals surface area contributed by atoms with Crippen LogP contribution in [0, 0.1) is 6.92 Å². The average molecular weight is 360 g/mol. The van der Waals surface area contributed by atoms with Gasteiger partial charge in [0.05, 0.1) is 5.39 Å². The van der Waals surface area contributed by atoms with E-state index in [2.05, 4.69) is 10.3 Å². The number of esters is 1. The molecule has 0 N–H and O–H groups in total. The van der Waals surface area contributed by atoms with E-state index in [0.717, 1.165) is 10.2 Å². The van der Waals surface area contributed by atoms with Gasteiger partial charge in [0.15, 0.2) is 13.3 Å². The highest BCUT2D eigenvalue weighted by Gasteiger charge is 2.09. The lowest BCUT2D eigenvalue weighted by Gasteiger charge is -2.09. The van der Waals surface area contributed by atoms with Gasteiger partial charge in [-0.2, -0.15) is 4.68 Å². The Morgan fingerprint density at radius 2 is 2.04 bits per heavy atom. The Morgan fingerprint density at radius 3 is 2.84 bits per heavy atom. The lowest BCUT2D eigenvalue weighted by atomic mass is 10.2. The third kappa shape index (κ3) is 3.95. The minimum Gasteiger partial charge on any atom is -0.482 e. The van der Waals surface area contributed by atoms with Gasteiger partial charge < -0.3 is 9.47 Å². The van der Waals surface area contributed by atoms with Gasteiger partial charge in [-0.05, 0) is 42.8 Å². The van der Waals surface area contributed by atoms with Crippen molar-refractivity contribution >= 4 is 28.5 Å². The van der Waals surface area contributed by atoms with E-state index in [4.69, 9.17) is 21.1 Å². The summed E-state index contributed by atoms with van der Waals surface area (Å²) < 4.78 is 11.3. The highest BCUT2D eigenvalue weighted by atomic mass is 35.5. The fraction of sp³-hybridized carbons (Fsp3) is 0.176. The molecule has 0 spiro atoms. The van der Waals surface area contributed by atoms with Gasteiger partial charge in [0.2, 0.25) is 0 Å². The largest absolute Gasteiger partial charge is 0.482 e. The first kappa shape index (κ1) is 16.9. The number of aryl methyl sites for hydroxylation is 1. The summed E-state index contributed by atoms with van der Waals surface area (Å²) in [5.41, 5.74) is 0.940. The molecule has 1 heterocycles. The lowest BCUT2D eigenvalue weighted by Crippen LogP contribution is -2.27. The SMILES string of the molecule is Cc1cc(OCC(=O)OCn2nnc3ccccc3c2=O)ccc1Cl. The fourth-order valence-electron chi connectivity index (χ4n) is 2.13. The van der Waals surface area contributed by atoms with Crippen molar-refractivity contribution in [3.05, 3.63) is 63.4 Å². The van der Waals surface area contributed by atoms with Gasteiger partial charge in [0.1, 0.15) is 11.3 Å². The van der Waals surface area contributed by atoms with E-state index < -0.39 is 5.97 Å². The Kier molecular flexibility index (Phi) is 4.95. The standard InChI is InChI=1S/C17H14ClN3O4/c1-11-8-12(6-7-14(11)18)24-9-16(22)25-10-21-17(23)13-4-2-3-5-15(13)19-20-21/h2-8H,9-10H2,1H3. The van der Waals surface area contributed by atoms with Crippen LogP contribution < -0.4 is 10.3 Å². The van der Waals surface area contributed by atoms with Crippen LogP contribution in [0.3, 0.4) is 0 Å². The van der Waals surface area contributed by atoms with Crippen molar-refractivity contribution in [2.75, 3.05) is 6.61 Å². The second-order valence-corrected chi connectivity index (χ2v) is 5.66. The zero-order chi connectivity index (χ0) is 17.8.